The molecule has 0 radical (unpaired) electrons. The molecule has 2 rings (SSSR count). The number of hydrogen-bond acceptors (Lipinski definition) is 5. The Morgan fingerprint density at radius 2 is 1.81 bits per heavy atom. The maximum atomic E-state index is 13.1. The molecule has 31 heavy (non-hydrogen) atoms. The lowest BCUT2D eigenvalue weighted by Crippen LogP contribution is -2.57. The van der Waals surface area contributed by atoms with E-state index in [1.807, 2.05) is 0 Å². The van der Waals surface area contributed by atoms with E-state index in [0.29, 0.717) is 29.2 Å². The van der Waals surface area contributed by atoms with Crippen LogP contribution in [-0.4, -0.2) is 47.4 Å². The summed E-state index contributed by atoms with van der Waals surface area (Å²) in [5, 5.41) is 15.4. The molecule has 1 aromatic rings. The number of aliphatic carboxylic acids is 1. The van der Waals surface area contributed by atoms with E-state index in [-0.39, 0.29) is 6.42 Å². The molecule has 1 saturated carbocycles. The zero-order valence-electron chi connectivity index (χ0n) is 18.8. The van der Waals surface area contributed by atoms with Gasteiger partial charge in [-0.15, -0.1) is 0 Å². The van der Waals surface area contributed by atoms with Crippen LogP contribution in [0.25, 0.3) is 0 Å². The quantitative estimate of drug-likeness (QED) is 0.553. The highest BCUT2D eigenvalue weighted by Crippen LogP contribution is 2.50. The van der Waals surface area contributed by atoms with Crippen LogP contribution in [-0.2, 0) is 20.7 Å². The first-order valence-corrected chi connectivity index (χ1v) is 10.5. The van der Waals surface area contributed by atoms with Crippen LogP contribution in [0.3, 0.4) is 0 Å². The molecule has 9 heteroatoms. The Hall–Kier alpha value is -2.48. The fourth-order valence-electron chi connectivity index (χ4n) is 3.29. The SMILES string of the molecule is COc1ccc(CC(NC(=O)OC(C)(C)C)C(=O)NC2(C(C)(C)C(=O)O)CC2)cc1Cl. The van der Waals surface area contributed by atoms with Crippen LogP contribution in [0.4, 0.5) is 4.79 Å². The average molecular weight is 455 g/mol. The highest BCUT2D eigenvalue weighted by atomic mass is 35.5. The van der Waals surface area contributed by atoms with Crippen molar-refractivity contribution in [3.05, 3.63) is 28.8 Å². The van der Waals surface area contributed by atoms with E-state index < -0.39 is 40.6 Å². The van der Waals surface area contributed by atoms with Crippen LogP contribution in [0.1, 0.15) is 53.0 Å². The molecule has 0 heterocycles. The van der Waals surface area contributed by atoms with Crippen LogP contribution in [0.15, 0.2) is 18.2 Å². The Labute approximate surface area is 187 Å². The van der Waals surface area contributed by atoms with Gasteiger partial charge in [0.25, 0.3) is 0 Å². The first-order valence-electron chi connectivity index (χ1n) is 10.1. The summed E-state index contributed by atoms with van der Waals surface area (Å²) in [4.78, 5) is 37.2. The van der Waals surface area contributed by atoms with Crippen LogP contribution < -0.4 is 15.4 Å². The molecule has 1 atom stereocenters. The minimum absolute atomic E-state index is 0.137. The molecule has 8 nitrogen and oxygen atoms in total. The molecule has 172 valence electrons. The number of benzene rings is 1. The number of halogens is 1. The molecule has 1 aromatic carbocycles. The van der Waals surface area contributed by atoms with Crippen LogP contribution >= 0.6 is 11.6 Å². The highest BCUT2D eigenvalue weighted by Gasteiger charge is 2.59. The molecule has 0 bridgehead atoms. The number of nitrogens with one attached hydrogen (secondary N) is 2. The van der Waals surface area contributed by atoms with Gasteiger partial charge in [-0.2, -0.15) is 0 Å². The van der Waals surface area contributed by atoms with Gasteiger partial charge in [0, 0.05) is 6.42 Å². The van der Waals surface area contributed by atoms with Gasteiger partial charge in [-0.25, -0.2) is 4.79 Å². The molecule has 0 saturated heterocycles. The van der Waals surface area contributed by atoms with Crippen molar-refractivity contribution in [2.24, 2.45) is 5.41 Å². The van der Waals surface area contributed by atoms with Gasteiger partial charge in [0.2, 0.25) is 5.91 Å². The number of amides is 2. The average Bonchev–Trinajstić information content (AvgIpc) is 3.40. The predicted octanol–water partition coefficient (Wildman–Crippen LogP) is 3.54. The van der Waals surface area contributed by atoms with Crippen molar-refractivity contribution in [2.75, 3.05) is 7.11 Å². The molecule has 0 aliphatic heterocycles. The van der Waals surface area contributed by atoms with Gasteiger partial charge in [-0.3, -0.25) is 9.59 Å². The normalized spacial score (nSPS) is 16.1. The van der Waals surface area contributed by atoms with Gasteiger partial charge >= 0.3 is 12.1 Å². The molecular weight excluding hydrogens is 424 g/mol. The number of alkyl carbamates (subject to hydrolysis) is 1. The summed E-state index contributed by atoms with van der Waals surface area (Å²) >= 11 is 6.19. The molecule has 1 aliphatic rings. The van der Waals surface area contributed by atoms with E-state index in [0.717, 1.165) is 0 Å². The lowest BCUT2D eigenvalue weighted by atomic mass is 9.81. The lowest BCUT2D eigenvalue weighted by molar-refractivity contribution is -0.150. The molecule has 1 aliphatic carbocycles. The number of carbonyl (C=O) groups excluding carboxylic acids is 2. The summed E-state index contributed by atoms with van der Waals surface area (Å²) in [7, 11) is 1.50. The van der Waals surface area contributed by atoms with E-state index in [1.54, 1.807) is 52.8 Å². The van der Waals surface area contributed by atoms with Gasteiger partial charge in [0.1, 0.15) is 17.4 Å². The highest BCUT2D eigenvalue weighted by molar-refractivity contribution is 6.32. The molecule has 1 unspecified atom stereocenters. The number of rotatable bonds is 8. The second kappa shape index (κ2) is 8.94. The standard InChI is InChI=1S/C22H31ClN2O6/c1-20(2,3)31-19(29)24-15(12-13-7-8-16(30-6)14(23)11-13)17(26)25-22(9-10-22)21(4,5)18(27)28/h7-8,11,15H,9-10,12H2,1-6H3,(H,24,29)(H,25,26)(H,27,28). The van der Waals surface area contributed by atoms with E-state index in [1.165, 1.54) is 7.11 Å². The summed E-state index contributed by atoms with van der Waals surface area (Å²) in [6, 6.07) is 4.10. The van der Waals surface area contributed by atoms with Crippen molar-refractivity contribution in [1.29, 1.82) is 0 Å². The van der Waals surface area contributed by atoms with Gasteiger partial charge in [0.15, 0.2) is 0 Å². The second-order valence-electron chi connectivity index (χ2n) is 9.37. The third-order valence-electron chi connectivity index (χ3n) is 5.51. The molecule has 3 N–H and O–H groups in total. The van der Waals surface area contributed by atoms with Crippen LogP contribution in [0.2, 0.25) is 5.02 Å². The zero-order valence-corrected chi connectivity index (χ0v) is 19.6. The Kier molecular flexibility index (Phi) is 7.15. The van der Waals surface area contributed by atoms with Crippen LogP contribution in [0.5, 0.6) is 5.75 Å². The van der Waals surface area contributed by atoms with E-state index in [4.69, 9.17) is 21.1 Å². The molecule has 0 spiro atoms. The summed E-state index contributed by atoms with van der Waals surface area (Å²) in [6.07, 6.45) is 0.491. The summed E-state index contributed by atoms with van der Waals surface area (Å²) < 4.78 is 10.4. The molecular formula is C22H31ClN2O6. The summed E-state index contributed by atoms with van der Waals surface area (Å²) in [5.74, 6) is -0.986. The van der Waals surface area contributed by atoms with Gasteiger partial charge in [-0.1, -0.05) is 17.7 Å². The minimum Gasteiger partial charge on any atom is -0.495 e. The Morgan fingerprint density at radius 1 is 1.19 bits per heavy atom. The summed E-state index contributed by atoms with van der Waals surface area (Å²) in [5.41, 5.74) is -2.05. The minimum atomic E-state index is -1.15. The fraction of sp³-hybridized carbons (Fsp3) is 0.591. The zero-order chi connectivity index (χ0) is 23.6. The number of carboxylic acids is 1. The number of hydrogen-bond donors (Lipinski definition) is 3. The first kappa shape index (κ1) is 24.8. The van der Waals surface area contributed by atoms with Crippen molar-refractivity contribution < 1.29 is 29.0 Å². The van der Waals surface area contributed by atoms with Gasteiger partial charge < -0.3 is 25.2 Å². The van der Waals surface area contributed by atoms with E-state index in [9.17, 15) is 19.5 Å². The summed E-state index contributed by atoms with van der Waals surface area (Å²) in [6.45, 7) is 8.34. The van der Waals surface area contributed by atoms with Crippen molar-refractivity contribution in [1.82, 2.24) is 10.6 Å². The monoisotopic (exact) mass is 454 g/mol. The van der Waals surface area contributed by atoms with Crippen LogP contribution in [0, 0.1) is 5.41 Å². The van der Waals surface area contributed by atoms with Crippen molar-refractivity contribution >= 4 is 29.6 Å². The predicted molar refractivity (Wildman–Crippen MR) is 116 cm³/mol. The third kappa shape index (κ3) is 6.03. The second-order valence-corrected chi connectivity index (χ2v) is 9.78. The molecule has 1 fully saturated rings. The number of methoxy groups -OCH3 is 1. The maximum Gasteiger partial charge on any atom is 0.408 e. The number of carboxylic acid groups (broad SMARTS) is 1. The van der Waals surface area contributed by atoms with Crippen molar-refractivity contribution in [3.8, 4) is 5.75 Å². The lowest BCUT2D eigenvalue weighted by Gasteiger charge is -2.33. The van der Waals surface area contributed by atoms with Gasteiger partial charge in [-0.05, 0) is 65.2 Å². The van der Waals surface area contributed by atoms with E-state index in [2.05, 4.69) is 10.6 Å². The fourth-order valence-corrected chi connectivity index (χ4v) is 3.57. The number of ether oxygens (including phenoxy) is 2. The Bertz CT molecular complexity index is 858. The maximum absolute atomic E-state index is 13.1. The molecule has 0 aromatic heterocycles. The smallest absolute Gasteiger partial charge is 0.408 e. The Morgan fingerprint density at radius 3 is 2.26 bits per heavy atom. The number of carbonyl (C=O) groups is 3. The van der Waals surface area contributed by atoms with Crippen molar-refractivity contribution in [3.63, 3.8) is 0 Å². The van der Waals surface area contributed by atoms with E-state index >= 15 is 0 Å². The van der Waals surface area contributed by atoms with Crippen molar-refractivity contribution in [2.45, 2.75) is 71.1 Å². The largest absolute Gasteiger partial charge is 0.495 e. The first-order chi connectivity index (χ1) is 14.2. The Balaban J connectivity index is 2.24. The van der Waals surface area contributed by atoms with Gasteiger partial charge in [0.05, 0.1) is 23.1 Å². The topological polar surface area (TPSA) is 114 Å². The molecule has 2 amide bonds. The third-order valence-corrected chi connectivity index (χ3v) is 5.80.